The van der Waals surface area contributed by atoms with Crippen molar-refractivity contribution in [3.05, 3.63) is 61.9 Å². The zero-order valence-electron chi connectivity index (χ0n) is 9.23. The number of nitrogens with one attached hydrogen (secondary N) is 2. The Morgan fingerprint density at radius 1 is 0.706 bits per heavy atom. The summed E-state index contributed by atoms with van der Waals surface area (Å²) in [5.41, 5.74) is 0. The van der Waals surface area contributed by atoms with E-state index < -0.39 is 0 Å². The van der Waals surface area contributed by atoms with E-state index in [1.165, 1.54) is 12.5 Å². The van der Waals surface area contributed by atoms with E-state index >= 15 is 0 Å². The van der Waals surface area contributed by atoms with Crippen molar-refractivity contribution in [1.29, 1.82) is 0 Å². The molecule has 17 heavy (non-hydrogen) atoms. The second kappa shape index (κ2) is 9.97. The fourth-order valence-corrected chi connectivity index (χ4v) is 0.785. The van der Waals surface area contributed by atoms with E-state index in [1.807, 2.05) is 0 Å². The van der Waals surface area contributed by atoms with Crippen LogP contribution >= 0.6 is 0 Å². The average molecular weight is 230 g/mol. The predicted molar refractivity (Wildman–Crippen MR) is 70.0 cm³/mol. The molecule has 0 saturated carbocycles. The molecule has 0 aliphatic carbocycles. The number of hydrogen-bond acceptors (Lipinski definition) is 5. The largest absolute Gasteiger partial charge is 0.471 e. The lowest BCUT2D eigenvalue weighted by atomic mass is 10.6. The van der Waals surface area contributed by atoms with Crippen molar-refractivity contribution < 1.29 is 4.74 Å². The zero-order chi connectivity index (χ0) is 12.0. The molecule has 1 aliphatic heterocycles. The van der Waals surface area contributed by atoms with E-state index in [9.17, 15) is 0 Å². The number of nitrogens with zero attached hydrogens (tertiary/aromatic N) is 2. The van der Waals surface area contributed by atoms with Crippen molar-refractivity contribution in [2.75, 3.05) is 0 Å². The van der Waals surface area contributed by atoms with Gasteiger partial charge in [0.25, 0.3) is 0 Å². The summed E-state index contributed by atoms with van der Waals surface area (Å²) in [5, 5.41) is 5.78. The van der Waals surface area contributed by atoms with Gasteiger partial charge in [0.05, 0.1) is 6.26 Å². The summed E-state index contributed by atoms with van der Waals surface area (Å²) in [6.07, 6.45) is 19.8. The molecule has 0 bridgehead atoms. The maximum atomic E-state index is 5.03. The van der Waals surface area contributed by atoms with Crippen LogP contribution in [0.25, 0.3) is 0 Å². The lowest BCUT2D eigenvalue weighted by molar-refractivity contribution is 0.401. The third kappa shape index (κ3) is 8.44. The lowest BCUT2D eigenvalue weighted by Crippen LogP contribution is -1.97. The summed E-state index contributed by atoms with van der Waals surface area (Å²) in [6, 6.07) is 0. The van der Waals surface area contributed by atoms with Crippen LogP contribution in [0, 0.1) is 0 Å². The van der Waals surface area contributed by atoms with Gasteiger partial charge < -0.3 is 15.4 Å². The Kier molecular flexibility index (Phi) is 7.34. The number of hydrogen-bond donors (Lipinski definition) is 2. The van der Waals surface area contributed by atoms with Gasteiger partial charge in [-0.05, 0) is 12.2 Å². The van der Waals surface area contributed by atoms with Gasteiger partial charge in [0, 0.05) is 49.6 Å². The van der Waals surface area contributed by atoms with Gasteiger partial charge in [-0.3, -0.25) is 9.98 Å². The Morgan fingerprint density at radius 2 is 1.47 bits per heavy atom. The standard InChI is InChI=1S/C12H14N4O/c1-3-13-5-2-11-17-12-10-16-9-8-15-7-6-14-4-1/h1-12,15-16H. The maximum absolute atomic E-state index is 5.03. The first kappa shape index (κ1) is 12.5. The van der Waals surface area contributed by atoms with E-state index in [1.54, 1.807) is 61.8 Å². The predicted octanol–water partition coefficient (Wildman–Crippen LogP) is 1.78. The maximum Gasteiger partial charge on any atom is 0.106 e. The van der Waals surface area contributed by atoms with Crippen LogP contribution in [0.3, 0.4) is 0 Å². The van der Waals surface area contributed by atoms with Crippen LogP contribution in [0.2, 0.25) is 0 Å². The number of ether oxygens (including phenoxy) is 1. The summed E-state index contributed by atoms with van der Waals surface area (Å²) in [7, 11) is 0. The Bertz CT molecular complexity index is 353. The minimum Gasteiger partial charge on any atom is -0.471 e. The molecule has 0 fully saturated rings. The first-order valence-corrected chi connectivity index (χ1v) is 4.99. The van der Waals surface area contributed by atoms with Crippen LogP contribution < -0.4 is 10.6 Å². The first-order chi connectivity index (χ1) is 8.50. The smallest absolute Gasteiger partial charge is 0.106 e. The highest BCUT2D eigenvalue weighted by Crippen LogP contribution is 1.80. The molecule has 0 unspecified atom stereocenters. The van der Waals surface area contributed by atoms with Crippen molar-refractivity contribution in [2.45, 2.75) is 0 Å². The van der Waals surface area contributed by atoms with Crippen molar-refractivity contribution >= 4 is 12.4 Å². The van der Waals surface area contributed by atoms with Crippen LogP contribution in [0.1, 0.15) is 0 Å². The van der Waals surface area contributed by atoms with Crippen molar-refractivity contribution in [2.24, 2.45) is 9.98 Å². The molecule has 0 aromatic heterocycles. The fourth-order valence-electron chi connectivity index (χ4n) is 0.785. The SMILES string of the molecule is C1=CN=CC=COC=CNC=CNC=CN=C1. The fraction of sp³-hybridized carbons (Fsp3) is 0. The summed E-state index contributed by atoms with van der Waals surface area (Å²) < 4.78 is 5.03. The van der Waals surface area contributed by atoms with Gasteiger partial charge in [-0.15, -0.1) is 0 Å². The summed E-state index contributed by atoms with van der Waals surface area (Å²) in [4.78, 5) is 7.94. The van der Waals surface area contributed by atoms with Gasteiger partial charge >= 0.3 is 0 Å². The molecule has 0 radical (unpaired) electrons. The second-order valence-electron chi connectivity index (χ2n) is 2.69. The van der Waals surface area contributed by atoms with Gasteiger partial charge in [0.2, 0.25) is 0 Å². The normalized spacial score (nSPS) is 16.0. The molecule has 5 nitrogen and oxygen atoms in total. The Hall–Kier alpha value is -2.56. The van der Waals surface area contributed by atoms with E-state index in [-0.39, 0.29) is 0 Å². The third-order valence-corrected chi connectivity index (χ3v) is 1.45. The number of rotatable bonds is 0. The molecular formula is C12H14N4O. The van der Waals surface area contributed by atoms with Crippen LogP contribution in [0.15, 0.2) is 71.9 Å². The van der Waals surface area contributed by atoms with Crippen LogP contribution in [0.5, 0.6) is 0 Å². The highest BCUT2D eigenvalue weighted by Gasteiger charge is 1.70. The second-order valence-corrected chi connectivity index (χ2v) is 2.69. The Morgan fingerprint density at radius 3 is 2.41 bits per heavy atom. The summed E-state index contributed by atoms with van der Waals surface area (Å²) in [6.45, 7) is 0. The molecule has 0 saturated heterocycles. The van der Waals surface area contributed by atoms with Crippen molar-refractivity contribution in [1.82, 2.24) is 10.6 Å². The molecule has 0 spiro atoms. The highest BCUT2D eigenvalue weighted by molar-refractivity contribution is 5.74. The molecular weight excluding hydrogens is 216 g/mol. The summed E-state index contributed by atoms with van der Waals surface area (Å²) >= 11 is 0. The Balaban J connectivity index is 2.53. The van der Waals surface area contributed by atoms with E-state index in [2.05, 4.69) is 20.6 Å². The molecule has 5 heteroatoms. The van der Waals surface area contributed by atoms with E-state index in [0.717, 1.165) is 0 Å². The highest BCUT2D eigenvalue weighted by atomic mass is 16.5. The number of aliphatic imine (C=N–C) groups is 2. The van der Waals surface area contributed by atoms with Gasteiger partial charge in [-0.2, -0.15) is 0 Å². The molecule has 0 aromatic carbocycles. The summed E-state index contributed by atoms with van der Waals surface area (Å²) in [5.74, 6) is 0. The van der Waals surface area contributed by atoms with Crippen molar-refractivity contribution in [3.63, 3.8) is 0 Å². The minimum atomic E-state index is 1.52. The molecule has 88 valence electrons. The molecule has 0 atom stereocenters. The first-order valence-electron chi connectivity index (χ1n) is 4.99. The topological polar surface area (TPSA) is 58.0 Å². The van der Waals surface area contributed by atoms with Crippen LogP contribution in [0.4, 0.5) is 0 Å². The Labute approximate surface area is 100 Å². The molecule has 0 amide bonds. The van der Waals surface area contributed by atoms with Crippen LogP contribution in [-0.2, 0) is 4.74 Å². The molecule has 2 N–H and O–H groups in total. The molecule has 1 rings (SSSR count). The van der Waals surface area contributed by atoms with Gasteiger partial charge in [-0.25, -0.2) is 0 Å². The molecule has 0 aromatic rings. The van der Waals surface area contributed by atoms with Crippen molar-refractivity contribution in [3.8, 4) is 0 Å². The lowest BCUT2D eigenvalue weighted by Gasteiger charge is -1.91. The molecule has 1 heterocycles. The quantitative estimate of drug-likeness (QED) is 0.667. The number of allylic oxidation sites excluding steroid dienone is 2. The minimum absolute atomic E-state index is 1.52. The van der Waals surface area contributed by atoms with E-state index in [0.29, 0.717) is 0 Å². The monoisotopic (exact) mass is 230 g/mol. The van der Waals surface area contributed by atoms with Crippen LogP contribution in [-0.4, -0.2) is 12.4 Å². The molecule has 1 aliphatic rings. The van der Waals surface area contributed by atoms with E-state index in [4.69, 9.17) is 4.74 Å². The van der Waals surface area contributed by atoms with Gasteiger partial charge in [-0.1, -0.05) is 0 Å². The average Bonchev–Trinajstić information content (AvgIpc) is 2.35. The van der Waals surface area contributed by atoms with Gasteiger partial charge in [0.1, 0.15) is 6.26 Å². The third-order valence-electron chi connectivity index (χ3n) is 1.45. The van der Waals surface area contributed by atoms with Gasteiger partial charge in [0.15, 0.2) is 0 Å². The zero-order valence-corrected chi connectivity index (χ0v) is 9.23.